The number of pyridine rings is 1. The number of aromatic nitrogens is 3. The number of para-hydroxylation sites is 1. The second-order valence-electron chi connectivity index (χ2n) is 6.76. The van der Waals surface area contributed by atoms with Crippen LogP contribution in [0.1, 0.15) is 15.9 Å². The minimum absolute atomic E-state index is 0.0537. The standard InChI is InChI=1S/C21H23N5O2/c1-24(15-17-14-23-26(16-17)18-6-3-2-4-7-18)21(27)19-8-5-9-22-20(19)25-10-12-28-13-11-25/h2-9,14,16H,10-13,15H2,1H3. The molecule has 1 aliphatic heterocycles. The average molecular weight is 377 g/mol. The molecule has 1 aromatic carbocycles. The molecule has 28 heavy (non-hydrogen) atoms. The molecule has 7 heteroatoms. The summed E-state index contributed by atoms with van der Waals surface area (Å²) in [5.41, 5.74) is 2.57. The molecule has 0 saturated carbocycles. The smallest absolute Gasteiger partial charge is 0.257 e. The monoisotopic (exact) mass is 377 g/mol. The molecular weight excluding hydrogens is 354 g/mol. The Bertz CT molecular complexity index is 935. The fraction of sp³-hybridized carbons (Fsp3) is 0.286. The average Bonchev–Trinajstić information content (AvgIpc) is 3.23. The van der Waals surface area contributed by atoms with E-state index < -0.39 is 0 Å². The molecule has 0 radical (unpaired) electrons. The molecule has 1 saturated heterocycles. The van der Waals surface area contributed by atoms with Crippen LogP contribution >= 0.6 is 0 Å². The number of anilines is 1. The third kappa shape index (κ3) is 3.89. The number of rotatable bonds is 5. The van der Waals surface area contributed by atoms with Gasteiger partial charge in [-0.15, -0.1) is 0 Å². The molecule has 3 heterocycles. The zero-order chi connectivity index (χ0) is 19.3. The van der Waals surface area contributed by atoms with E-state index in [4.69, 9.17) is 4.74 Å². The van der Waals surface area contributed by atoms with Crippen molar-refractivity contribution in [1.82, 2.24) is 19.7 Å². The van der Waals surface area contributed by atoms with E-state index in [1.54, 1.807) is 30.4 Å². The molecule has 7 nitrogen and oxygen atoms in total. The van der Waals surface area contributed by atoms with Gasteiger partial charge >= 0.3 is 0 Å². The van der Waals surface area contributed by atoms with Crippen molar-refractivity contribution < 1.29 is 9.53 Å². The van der Waals surface area contributed by atoms with Crippen LogP contribution in [-0.4, -0.2) is 58.9 Å². The first-order valence-electron chi connectivity index (χ1n) is 9.34. The van der Waals surface area contributed by atoms with Gasteiger partial charge in [0.25, 0.3) is 5.91 Å². The van der Waals surface area contributed by atoms with Gasteiger partial charge in [0.1, 0.15) is 5.82 Å². The molecule has 0 unspecified atom stereocenters. The summed E-state index contributed by atoms with van der Waals surface area (Å²) in [5.74, 6) is 0.671. The van der Waals surface area contributed by atoms with E-state index in [9.17, 15) is 4.79 Å². The Morgan fingerprint density at radius 1 is 1.14 bits per heavy atom. The zero-order valence-corrected chi connectivity index (χ0v) is 15.9. The van der Waals surface area contributed by atoms with Crippen molar-refractivity contribution in [1.29, 1.82) is 0 Å². The topological polar surface area (TPSA) is 63.5 Å². The summed E-state index contributed by atoms with van der Waals surface area (Å²) < 4.78 is 7.23. The van der Waals surface area contributed by atoms with Gasteiger partial charge in [0.05, 0.1) is 30.7 Å². The molecule has 1 fully saturated rings. The summed E-state index contributed by atoms with van der Waals surface area (Å²) in [6, 6.07) is 13.6. The Balaban J connectivity index is 1.49. The van der Waals surface area contributed by atoms with Crippen LogP contribution in [0.25, 0.3) is 5.69 Å². The summed E-state index contributed by atoms with van der Waals surface area (Å²) in [6.07, 6.45) is 5.47. The maximum atomic E-state index is 13.1. The minimum atomic E-state index is -0.0537. The number of carbonyl (C=O) groups excluding carboxylic acids is 1. The molecule has 0 spiro atoms. The van der Waals surface area contributed by atoms with Crippen LogP contribution in [0.4, 0.5) is 5.82 Å². The van der Waals surface area contributed by atoms with E-state index in [1.165, 1.54) is 0 Å². The van der Waals surface area contributed by atoms with Crippen LogP contribution in [0.2, 0.25) is 0 Å². The summed E-state index contributed by atoms with van der Waals surface area (Å²) in [7, 11) is 1.80. The Kier molecular flexibility index (Phi) is 5.34. The quantitative estimate of drug-likeness (QED) is 0.683. The van der Waals surface area contributed by atoms with E-state index in [0.717, 1.165) is 30.2 Å². The van der Waals surface area contributed by atoms with Crippen molar-refractivity contribution in [3.8, 4) is 5.69 Å². The SMILES string of the molecule is CN(Cc1cnn(-c2ccccc2)c1)C(=O)c1cccnc1N1CCOCC1. The number of hydrogen-bond donors (Lipinski definition) is 0. The van der Waals surface area contributed by atoms with E-state index in [0.29, 0.717) is 25.3 Å². The molecule has 1 amide bonds. The lowest BCUT2D eigenvalue weighted by Crippen LogP contribution is -2.38. The molecule has 0 bridgehead atoms. The van der Waals surface area contributed by atoms with Crippen molar-refractivity contribution in [3.05, 3.63) is 72.2 Å². The lowest BCUT2D eigenvalue weighted by molar-refractivity contribution is 0.0784. The second-order valence-corrected chi connectivity index (χ2v) is 6.76. The Labute approximate surface area is 164 Å². The number of benzene rings is 1. The van der Waals surface area contributed by atoms with Crippen LogP contribution in [-0.2, 0) is 11.3 Å². The van der Waals surface area contributed by atoms with Crippen molar-refractivity contribution >= 4 is 11.7 Å². The fourth-order valence-electron chi connectivity index (χ4n) is 3.31. The van der Waals surface area contributed by atoms with Gasteiger partial charge in [-0.05, 0) is 24.3 Å². The maximum absolute atomic E-state index is 13.1. The molecule has 3 aromatic rings. The number of morpholine rings is 1. The molecule has 4 rings (SSSR count). The minimum Gasteiger partial charge on any atom is -0.378 e. The highest BCUT2D eigenvalue weighted by Gasteiger charge is 2.22. The lowest BCUT2D eigenvalue weighted by Gasteiger charge is -2.29. The van der Waals surface area contributed by atoms with Crippen LogP contribution in [0.5, 0.6) is 0 Å². The maximum Gasteiger partial charge on any atom is 0.257 e. The van der Waals surface area contributed by atoms with Crippen LogP contribution in [0.3, 0.4) is 0 Å². The van der Waals surface area contributed by atoms with E-state index in [2.05, 4.69) is 15.0 Å². The molecule has 2 aromatic heterocycles. The van der Waals surface area contributed by atoms with Crippen molar-refractivity contribution in [2.24, 2.45) is 0 Å². The molecule has 0 atom stereocenters. The number of amides is 1. The lowest BCUT2D eigenvalue weighted by atomic mass is 10.2. The van der Waals surface area contributed by atoms with Crippen molar-refractivity contribution in [3.63, 3.8) is 0 Å². The zero-order valence-electron chi connectivity index (χ0n) is 15.9. The fourth-order valence-corrected chi connectivity index (χ4v) is 3.31. The number of hydrogen-bond acceptors (Lipinski definition) is 5. The molecule has 0 N–H and O–H groups in total. The van der Waals surface area contributed by atoms with Gasteiger partial charge in [-0.25, -0.2) is 9.67 Å². The van der Waals surface area contributed by atoms with Crippen molar-refractivity contribution in [2.75, 3.05) is 38.3 Å². The summed E-state index contributed by atoms with van der Waals surface area (Å²) in [6.45, 7) is 3.26. The molecule has 144 valence electrons. The van der Waals surface area contributed by atoms with Gasteiger partial charge in [0.2, 0.25) is 0 Å². The molecular formula is C21H23N5O2. The first-order valence-corrected chi connectivity index (χ1v) is 9.34. The third-order valence-corrected chi connectivity index (χ3v) is 4.75. The molecule has 1 aliphatic rings. The van der Waals surface area contributed by atoms with Crippen molar-refractivity contribution in [2.45, 2.75) is 6.54 Å². The Morgan fingerprint density at radius 2 is 1.93 bits per heavy atom. The normalized spacial score (nSPS) is 14.1. The van der Waals surface area contributed by atoms with Gasteiger partial charge in [-0.2, -0.15) is 5.10 Å². The van der Waals surface area contributed by atoms with E-state index in [-0.39, 0.29) is 5.91 Å². The highest BCUT2D eigenvalue weighted by atomic mass is 16.5. The van der Waals surface area contributed by atoms with Crippen LogP contribution in [0.15, 0.2) is 61.1 Å². The molecule has 0 aliphatic carbocycles. The summed E-state index contributed by atoms with van der Waals surface area (Å²) >= 11 is 0. The van der Waals surface area contributed by atoms with Crippen LogP contribution < -0.4 is 4.90 Å². The largest absolute Gasteiger partial charge is 0.378 e. The van der Waals surface area contributed by atoms with Gasteiger partial charge in [-0.1, -0.05) is 18.2 Å². The first kappa shape index (κ1) is 18.2. The first-order chi connectivity index (χ1) is 13.7. The third-order valence-electron chi connectivity index (χ3n) is 4.75. The Morgan fingerprint density at radius 3 is 2.71 bits per heavy atom. The van der Waals surface area contributed by atoms with Gasteiger partial charge in [0.15, 0.2) is 0 Å². The van der Waals surface area contributed by atoms with E-state index >= 15 is 0 Å². The number of carbonyl (C=O) groups is 1. The predicted octanol–water partition coefficient (Wildman–Crippen LogP) is 2.38. The predicted molar refractivity (Wildman–Crippen MR) is 107 cm³/mol. The van der Waals surface area contributed by atoms with Gasteiger partial charge < -0.3 is 14.5 Å². The summed E-state index contributed by atoms with van der Waals surface area (Å²) in [4.78, 5) is 21.4. The highest BCUT2D eigenvalue weighted by molar-refractivity contribution is 5.98. The summed E-state index contributed by atoms with van der Waals surface area (Å²) in [5, 5.41) is 4.41. The number of ether oxygens (including phenoxy) is 1. The number of nitrogens with zero attached hydrogens (tertiary/aromatic N) is 5. The second kappa shape index (κ2) is 8.22. The van der Waals surface area contributed by atoms with Gasteiger partial charge in [0, 0.05) is 44.6 Å². The Hall–Kier alpha value is -3.19. The van der Waals surface area contributed by atoms with Crippen LogP contribution in [0, 0.1) is 0 Å². The van der Waals surface area contributed by atoms with Gasteiger partial charge in [-0.3, -0.25) is 4.79 Å². The van der Waals surface area contributed by atoms with E-state index in [1.807, 2.05) is 47.3 Å². The highest BCUT2D eigenvalue weighted by Crippen LogP contribution is 2.20.